The smallest absolute Gasteiger partial charge is 0.478 e. The first kappa shape index (κ1) is 33.0. The van der Waals surface area contributed by atoms with Crippen molar-refractivity contribution in [3.05, 3.63) is 59.7 Å². The molecule has 0 saturated carbocycles. The summed E-state index contributed by atoms with van der Waals surface area (Å²) >= 11 is 0. The number of nitrogens with zero attached hydrogens (tertiary/aromatic N) is 3. The Morgan fingerprint density at radius 3 is 1.98 bits per heavy atom. The second-order valence-electron chi connectivity index (χ2n) is 9.04. The van der Waals surface area contributed by atoms with E-state index < -0.39 is 18.1 Å². The minimum absolute atomic E-state index is 0.0256. The average Bonchev–Trinajstić information content (AvgIpc) is 2.92. The molecule has 0 aliphatic carbocycles. The van der Waals surface area contributed by atoms with Crippen LogP contribution < -0.4 is 10.6 Å². The zero-order chi connectivity index (χ0) is 30.4. The number of methoxy groups -OCH3 is 1. The molecule has 224 valence electrons. The van der Waals surface area contributed by atoms with Crippen molar-refractivity contribution in [3.8, 4) is 0 Å². The molecule has 1 fully saturated rings. The van der Waals surface area contributed by atoms with E-state index in [2.05, 4.69) is 20.4 Å². The first-order chi connectivity index (χ1) is 19.4. The predicted molar refractivity (Wildman–Crippen MR) is 147 cm³/mol. The summed E-state index contributed by atoms with van der Waals surface area (Å²) in [6.45, 7) is 6.52. The number of benzene rings is 2. The Morgan fingerprint density at radius 2 is 1.46 bits per heavy atom. The first-order valence-electron chi connectivity index (χ1n) is 12.7. The SMILES string of the molecule is COCCCN=C(Nc1ccc(C(=O)O)cc1)N1CCN(CC(=O)Nc2ccc(C)cc2)CC1.O=C(O)C(F)(F)F. The van der Waals surface area contributed by atoms with Gasteiger partial charge in [0.25, 0.3) is 0 Å². The number of carboxylic acids is 2. The van der Waals surface area contributed by atoms with E-state index in [9.17, 15) is 22.8 Å². The number of aliphatic imine (C=N–C) groups is 1. The molecule has 14 heteroatoms. The molecule has 4 N–H and O–H groups in total. The van der Waals surface area contributed by atoms with Crippen LogP contribution in [-0.4, -0.2) is 103 Å². The maximum Gasteiger partial charge on any atom is 0.490 e. The number of hydrogen-bond donors (Lipinski definition) is 4. The molecule has 0 unspecified atom stereocenters. The van der Waals surface area contributed by atoms with Gasteiger partial charge in [0.15, 0.2) is 5.96 Å². The first-order valence-corrected chi connectivity index (χ1v) is 12.7. The van der Waals surface area contributed by atoms with E-state index in [1.54, 1.807) is 31.4 Å². The Labute approximate surface area is 235 Å². The monoisotopic (exact) mass is 581 g/mol. The molecule has 41 heavy (non-hydrogen) atoms. The molecule has 1 saturated heterocycles. The molecule has 1 aliphatic heterocycles. The number of alkyl halides is 3. The molecule has 2 aromatic carbocycles. The van der Waals surface area contributed by atoms with Crippen molar-refractivity contribution >= 4 is 35.2 Å². The maximum absolute atomic E-state index is 12.4. The number of carboxylic acid groups (broad SMARTS) is 2. The Hall–Kier alpha value is -4.17. The van der Waals surface area contributed by atoms with Crippen LogP contribution in [0, 0.1) is 6.92 Å². The van der Waals surface area contributed by atoms with Crippen molar-refractivity contribution in [3.63, 3.8) is 0 Å². The quantitative estimate of drug-likeness (QED) is 0.199. The lowest BCUT2D eigenvalue weighted by Gasteiger charge is -2.36. The van der Waals surface area contributed by atoms with Crippen LogP contribution in [0.25, 0.3) is 0 Å². The van der Waals surface area contributed by atoms with Crippen molar-refractivity contribution in [1.29, 1.82) is 0 Å². The molecule has 3 rings (SSSR count). The van der Waals surface area contributed by atoms with E-state index in [1.807, 2.05) is 31.2 Å². The van der Waals surface area contributed by atoms with Gasteiger partial charge in [0.1, 0.15) is 0 Å². The number of piperazine rings is 1. The number of amides is 1. The molecule has 0 bridgehead atoms. The Morgan fingerprint density at radius 1 is 0.927 bits per heavy atom. The van der Waals surface area contributed by atoms with Gasteiger partial charge in [0, 0.05) is 57.8 Å². The van der Waals surface area contributed by atoms with E-state index in [0.29, 0.717) is 19.7 Å². The van der Waals surface area contributed by atoms with E-state index >= 15 is 0 Å². The molecule has 1 amide bonds. The number of guanidine groups is 1. The minimum Gasteiger partial charge on any atom is -0.478 e. The van der Waals surface area contributed by atoms with Gasteiger partial charge in [-0.05, 0) is 49.7 Å². The van der Waals surface area contributed by atoms with Gasteiger partial charge in [0.05, 0.1) is 12.1 Å². The average molecular weight is 582 g/mol. The number of nitrogens with one attached hydrogen (secondary N) is 2. The van der Waals surface area contributed by atoms with Crippen molar-refractivity contribution in [2.24, 2.45) is 4.99 Å². The van der Waals surface area contributed by atoms with Crippen LogP contribution >= 0.6 is 0 Å². The zero-order valence-electron chi connectivity index (χ0n) is 22.8. The van der Waals surface area contributed by atoms with E-state index in [0.717, 1.165) is 55.5 Å². The number of ether oxygens (including phenoxy) is 1. The van der Waals surface area contributed by atoms with Gasteiger partial charge < -0.3 is 30.5 Å². The minimum atomic E-state index is -5.08. The molecule has 0 spiro atoms. The number of rotatable bonds is 9. The van der Waals surface area contributed by atoms with Gasteiger partial charge in [-0.3, -0.25) is 14.7 Å². The summed E-state index contributed by atoms with van der Waals surface area (Å²) in [6.07, 6.45) is -4.28. The number of carbonyl (C=O) groups is 3. The van der Waals surface area contributed by atoms with Crippen molar-refractivity contribution in [2.45, 2.75) is 19.5 Å². The molecular formula is C27H34F3N5O6. The predicted octanol–water partition coefficient (Wildman–Crippen LogP) is 3.39. The van der Waals surface area contributed by atoms with Gasteiger partial charge >= 0.3 is 18.1 Å². The normalized spacial score (nSPS) is 14.1. The number of anilines is 2. The van der Waals surface area contributed by atoms with Gasteiger partial charge in [-0.1, -0.05) is 17.7 Å². The van der Waals surface area contributed by atoms with Gasteiger partial charge in [0.2, 0.25) is 5.91 Å². The van der Waals surface area contributed by atoms with Crippen LogP contribution in [0.4, 0.5) is 24.5 Å². The van der Waals surface area contributed by atoms with Crippen LogP contribution in [0.1, 0.15) is 22.3 Å². The third-order valence-electron chi connectivity index (χ3n) is 5.77. The van der Waals surface area contributed by atoms with Gasteiger partial charge in [-0.15, -0.1) is 0 Å². The summed E-state index contributed by atoms with van der Waals surface area (Å²) in [7, 11) is 1.67. The molecular weight excluding hydrogens is 547 g/mol. The summed E-state index contributed by atoms with van der Waals surface area (Å²) in [5, 5.41) is 22.5. The standard InChI is InChI=1S/C25H33N5O4.C2HF3O2/c1-19-4-8-21(9-5-19)27-23(31)18-29-13-15-30(16-14-29)25(26-12-3-17-34-2)28-22-10-6-20(7-11-22)24(32)33;3-2(4,5)1(6)7/h4-11H,3,12-18H2,1-2H3,(H,26,28)(H,27,31)(H,32,33);(H,6,7). The number of carbonyl (C=O) groups excluding carboxylic acids is 1. The Balaban J connectivity index is 0.000000745. The highest BCUT2D eigenvalue weighted by atomic mass is 19.4. The van der Waals surface area contributed by atoms with Gasteiger partial charge in [-0.2, -0.15) is 13.2 Å². The lowest BCUT2D eigenvalue weighted by atomic mass is 10.2. The third-order valence-corrected chi connectivity index (χ3v) is 5.77. The highest BCUT2D eigenvalue weighted by Crippen LogP contribution is 2.14. The molecule has 0 aromatic heterocycles. The molecule has 1 aliphatic rings. The largest absolute Gasteiger partial charge is 0.490 e. The van der Waals surface area contributed by atoms with Crippen molar-refractivity contribution in [1.82, 2.24) is 9.80 Å². The Kier molecular flexibility index (Phi) is 13.0. The van der Waals surface area contributed by atoms with E-state index in [-0.39, 0.29) is 11.5 Å². The topological polar surface area (TPSA) is 144 Å². The number of aromatic carboxylic acids is 1. The lowest BCUT2D eigenvalue weighted by molar-refractivity contribution is -0.192. The van der Waals surface area contributed by atoms with Crippen LogP contribution in [0.2, 0.25) is 0 Å². The van der Waals surface area contributed by atoms with Crippen LogP contribution in [-0.2, 0) is 14.3 Å². The van der Waals surface area contributed by atoms with Crippen LogP contribution in [0.15, 0.2) is 53.5 Å². The van der Waals surface area contributed by atoms with Crippen LogP contribution in [0.5, 0.6) is 0 Å². The number of hydrogen-bond acceptors (Lipinski definition) is 6. The fraction of sp³-hybridized carbons (Fsp3) is 0.407. The van der Waals surface area contributed by atoms with Gasteiger partial charge in [-0.25, -0.2) is 9.59 Å². The molecule has 0 atom stereocenters. The summed E-state index contributed by atoms with van der Waals surface area (Å²) in [5.41, 5.74) is 2.97. The molecule has 2 aromatic rings. The van der Waals surface area contributed by atoms with E-state index in [1.165, 1.54) is 0 Å². The summed E-state index contributed by atoms with van der Waals surface area (Å²) in [5.74, 6) is -3.00. The number of halogens is 3. The second kappa shape index (κ2) is 16.2. The summed E-state index contributed by atoms with van der Waals surface area (Å²) in [4.78, 5) is 41.5. The number of aliphatic carboxylic acids is 1. The lowest BCUT2D eigenvalue weighted by Crippen LogP contribution is -2.52. The van der Waals surface area contributed by atoms with Crippen LogP contribution in [0.3, 0.4) is 0 Å². The maximum atomic E-state index is 12.4. The van der Waals surface area contributed by atoms with Crippen molar-refractivity contribution < 1.29 is 42.5 Å². The fourth-order valence-corrected chi connectivity index (χ4v) is 3.60. The summed E-state index contributed by atoms with van der Waals surface area (Å²) < 4.78 is 36.9. The molecule has 1 heterocycles. The summed E-state index contributed by atoms with van der Waals surface area (Å²) in [6, 6.07) is 14.4. The highest BCUT2D eigenvalue weighted by Gasteiger charge is 2.38. The van der Waals surface area contributed by atoms with E-state index in [4.69, 9.17) is 24.7 Å². The molecule has 11 nitrogen and oxygen atoms in total. The number of aryl methyl sites for hydroxylation is 1. The zero-order valence-corrected chi connectivity index (χ0v) is 22.8. The third kappa shape index (κ3) is 12.3. The fourth-order valence-electron chi connectivity index (χ4n) is 3.60. The molecule has 0 radical (unpaired) electrons. The van der Waals surface area contributed by atoms with Crippen molar-refractivity contribution in [2.75, 3.05) is 63.6 Å². The Bertz CT molecular complexity index is 1170. The second-order valence-corrected chi connectivity index (χ2v) is 9.04. The highest BCUT2D eigenvalue weighted by molar-refractivity contribution is 5.95.